The van der Waals surface area contributed by atoms with Crippen LogP contribution in [-0.4, -0.2) is 27.2 Å². The minimum atomic E-state index is -0.393. The first-order valence-corrected chi connectivity index (χ1v) is 5.70. The second-order valence-electron chi connectivity index (χ2n) is 3.83. The van der Waals surface area contributed by atoms with Crippen LogP contribution in [0.4, 0.5) is 0 Å². The third-order valence-corrected chi connectivity index (χ3v) is 2.73. The Bertz CT molecular complexity index is 733. The lowest BCUT2D eigenvalue weighted by Crippen LogP contribution is -2.05. The highest BCUT2D eigenvalue weighted by atomic mass is 16.5. The maximum Gasteiger partial charge on any atom is 0.343 e. The van der Waals surface area contributed by atoms with Crippen molar-refractivity contribution >= 4 is 22.5 Å². The van der Waals surface area contributed by atoms with Crippen LogP contribution in [0.2, 0.25) is 0 Å². The molecule has 3 rings (SSSR count). The zero-order chi connectivity index (χ0) is 12.5. The molecule has 0 atom stereocenters. The van der Waals surface area contributed by atoms with Crippen LogP contribution in [0.3, 0.4) is 0 Å². The summed E-state index contributed by atoms with van der Waals surface area (Å²) in [5.74, 6) is -0.393. The maximum atomic E-state index is 11.7. The average molecular weight is 241 g/mol. The number of hydrogen-bond acceptors (Lipinski definition) is 4. The largest absolute Gasteiger partial charge is 0.462 e. The summed E-state index contributed by atoms with van der Waals surface area (Å²) in [6.07, 6.45) is 3.22. The molecule has 0 aliphatic rings. The van der Waals surface area contributed by atoms with E-state index in [4.69, 9.17) is 4.74 Å². The van der Waals surface area contributed by atoms with E-state index in [1.165, 1.54) is 6.20 Å². The molecular weight excluding hydrogens is 230 g/mol. The van der Waals surface area contributed by atoms with E-state index >= 15 is 0 Å². The maximum absolute atomic E-state index is 11.7. The summed E-state index contributed by atoms with van der Waals surface area (Å²) < 4.78 is 6.63. The first-order valence-electron chi connectivity index (χ1n) is 5.70. The van der Waals surface area contributed by atoms with Crippen molar-refractivity contribution in [3.8, 4) is 0 Å². The number of carbonyl (C=O) groups excluding carboxylic acids is 1. The smallest absolute Gasteiger partial charge is 0.343 e. The van der Waals surface area contributed by atoms with E-state index in [1.807, 2.05) is 24.3 Å². The highest BCUT2D eigenvalue weighted by Gasteiger charge is 2.15. The van der Waals surface area contributed by atoms with Gasteiger partial charge in [0.05, 0.1) is 18.3 Å². The SMILES string of the molecule is CCOC(=O)c1cnn2c1ncc1ccccc12. The van der Waals surface area contributed by atoms with Crippen LogP contribution in [-0.2, 0) is 4.74 Å². The van der Waals surface area contributed by atoms with E-state index < -0.39 is 5.97 Å². The molecule has 0 spiro atoms. The Morgan fingerprint density at radius 2 is 2.17 bits per heavy atom. The zero-order valence-corrected chi connectivity index (χ0v) is 9.83. The van der Waals surface area contributed by atoms with Crippen LogP contribution < -0.4 is 0 Å². The van der Waals surface area contributed by atoms with Gasteiger partial charge >= 0.3 is 5.97 Å². The first-order chi connectivity index (χ1) is 8.81. The Hall–Kier alpha value is -2.43. The molecule has 0 unspecified atom stereocenters. The standard InChI is InChI=1S/C13H11N3O2/c1-2-18-13(17)10-8-15-16-11-6-4-3-5-9(11)7-14-12(10)16/h3-8H,2H2,1H3. The van der Waals surface area contributed by atoms with Crippen LogP contribution in [0.1, 0.15) is 17.3 Å². The van der Waals surface area contributed by atoms with Gasteiger partial charge in [0.2, 0.25) is 0 Å². The van der Waals surface area contributed by atoms with Gasteiger partial charge in [-0.2, -0.15) is 5.10 Å². The molecule has 0 amide bonds. The Morgan fingerprint density at radius 1 is 1.33 bits per heavy atom. The van der Waals surface area contributed by atoms with Gasteiger partial charge in [-0.15, -0.1) is 0 Å². The fraction of sp³-hybridized carbons (Fsp3) is 0.154. The van der Waals surface area contributed by atoms with Gasteiger partial charge in [-0.05, 0) is 13.0 Å². The van der Waals surface area contributed by atoms with Crippen LogP contribution in [0.15, 0.2) is 36.7 Å². The number of para-hydroxylation sites is 1. The van der Waals surface area contributed by atoms with Crippen molar-refractivity contribution < 1.29 is 9.53 Å². The number of benzene rings is 1. The van der Waals surface area contributed by atoms with Gasteiger partial charge in [0, 0.05) is 11.6 Å². The van der Waals surface area contributed by atoms with Crippen molar-refractivity contribution in [2.75, 3.05) is 6.61 Å². The molecule has 0 saturated carbocycles. The average Bonchev–Trinajstić information content (AvgIpc) is 2.83. The topological polar surface area (TPSA) is 56.5 Å². The molecule has 18 heavy (non-hydrogen) atoms. The number of carbonyl (C=O) groups is 1. The minimum Gasteiger partial charge on any atom is -0.462 e. The minimum absolute atomic E-state index is 0.337. The first kappa shape index (κ1) is 10.7. The predicted molar refractivity (Wildman–Crippen MR) is 66.4 cm³/mol. The number of ether oxygens (including phenoxy) is 1. The number of hydrogen-bond donors (Lipinski definition) is 0. The van der Waals surface area contributed by atoms with Gasteiger partial charge in [-0.25, -0.2) is 14.3 Å². The fourth-order valence-electron chi connectivity index (χ4n) is 1.92. The molecule has 3 aromatic rings. The Labute approximate surface area is 103 Å². The van der Waals surface area contributed by atoms with Crippen LogP contribution in [0, 0.1) is 0 Å². The van der Waals surface area contributed by atoms with E-state index in [0.717, 1.165) is 10.9 Å². The van der Waals surface area contributed by atoms with Crippen molar-refractivity contribution in [2.24, 2.45) is 0 Å². The number of rotatable bonds is 2. The third kappa shape index (κ3) is 1.52. The van der Waals surface area contributed by atoms with Gasteiger partial charge in [-0.1, -0.05) is 18.2 Å². The molecular formula is C13H11N3O2. The molecule has 0 saturated heterocycles. The highest BCUT2D eigenvalue weighted by molar-refractivity contribution is 5.97. The Balaban J connectivity index is 2.26. The molecule has 1 aromatic carbocycles. The van der Waals surface area contributed by atoms with Crippen molar-refractivity contribution in [1.82, 2.24) is 14.6 Å². The van der Waals surface area contributed by atoms with Gasteiger partial charge < -0.3 is 4.74 Å². The van der Waals surface area contributed by atoms with Crippen molar-refractivity contribution in [1.29, 1.82) is 0 Å². The molecule has 2 heterocycles. The van der Waals surface area contributed by atoms with Crippen LogP contribution in [0.5, 0.6) is 0 Å². The Morgan fingerprint density at radius 3 is 3.00 bits per heavy atom. The van der Waals surface area contributed by atoms with E-state index in [0.29, 0.717) is 17.8 Å². The summed E-state index contributed by atoms with van der Waals surface area (Å²) >= 11 is 0. The van der Waals surface area contributed by atoms with Crippen LogP contribution in [0.25, 0.3) is 16.6 Å². The third-order valence-electron chi connectivity index (χ3n) is 2.73. The molecule has 2 aromatic heterocycles. The molecule has 0 N–H and O–H groups in total. The predicted octanol–water partition coefficient (Wildman–Crippen LogP) is 2.06. The van der Waals surface area contributed by atoms with Crippen molar-refractivity contribution in [2.45, 2.75) is 6.92 Å². The summed E-state index contributed by atoms with van der Waals surface area (Å²) in [4.78, 5) is 16.0. The van der Waals surface area contributed by atoms with E-state index in [-0.39, 0.29) is 0 Å². The zero-order valence-electron chi connectivity index (χ0n) is 9.83. The molecule has 90 valence electrons. The molecule has 0 aliphatic carbocycles. The summed E-state index contributed by atoms with van der Waals surface area (Å²) in [5, 5.41) is 5.18. The van der Waals surface area contributed by atoms with Gasteiger partial charge in [0.15, 0.2) is 5.65 Å². The summed E-state index contributed by atoms with van der Waals surface area (Å²) in [7, 11) is 0. The van der Waals surface area contributed by atoms with Crippen LogP contribution >= 0.6 is 0 Å². The van der Waals surface area contributed by atoms with Crippen molar-refractivity contribution in [3.63, 3.8) is 0 Å². The summed E-state index contributed by atoms with van der Waals surface area (Å²) in [6, 6.07) is 7.75. The number of esters is 1. The highest BCUT2D eigenvalue weighted by Crippen LogP contribution is 2.17. The summed E-state index contributed by atoms with van der Waals surface area (Å²) in [5.41, 5.74) is 1.83. The second kappa shape index (κ2) is 4.10. The molecule has 0 aliphatic heterocycles. The molecule has 5 heteroatoms. The van der Waals surface area contributed by atoms with Gasteiger partial charge in [0.25, 0.3) is 0 Å². The summed E-state index contributed by atoms with van der Waals surface area (Å²) in [6.45, 7) is 2.11. The van der Waals surface area contributed by atoms with Gasteiger partial charge in [0.1, 0.15) is 5.56 Å². The molecule has 0 radical (unpaired) electrons. The quantitative estimate of drug-likeness (QED) is 0.644. The van der Waals surface area contributed by atoms with E-state index in [9.17, 15) is 4.79 Å². The van der Waals surface area contributed by atoms with Gasteiger partial charge in [-0.3, -0.25) is 0 Å². The van der Waals surface area contributed by atoms with E-state index in [2.05, 4.69) is 10.1 Å². The van der Waals surface area contributed by atoms with E-state index in [1.54, 1.807) is 17.6 Å². The lowest BCUT2D eigenvalue weighted by Gasteiger charge is -2.01. The lowest BCUT2D eigenvalue weighted by atomic mass is 10.2. The number of aromatic nitrogens is 3. The number of nitrogens with zero attached hydrogens (tertiary/aromatic N) is 3. The molecule has 0 fully saturated rings. The number of fused-ring (bicyclic) bond motifs is 3. The molecule has 0 bridgehead atoms. The normalized spacial score (nSPS) is 10.9. The monoisotopic (exact) mass is 241 g/mol. The Kier molecular flexibility index (Phi) is 2.44. The molecule has 5 nitrogen and oxygen atoms in total. The van der Waals surface area contributed by atoms with Crippen molar-refractivity contribution in [3.05, 3.63) is 42.2 Å². The fourth-order valence-corrected chi connectivity index (χ4v) is 1.92. The second-order valence-corrected chi connectivity index (χ2v) is 3.83. The lowest BCUT2D eigenvalue weighted by molar-refractivity contribution is 0.0528.